The van der Waals surface area contributed by atoms with Crippen LogP contribution in [0.5, 0.6) is 5.75 Å². The van der Waals surface area contributed by atoms with E-state index in [9.17, 15) is 5.11 Å². The summed E-state index contributed by atoms with van der Waals surface area (Å²) in [4.78, 5) is 6.44. The maximum atomic E-state index is 9.46. The summed E-state index contributed by atoms with van der Waals surface area (Å²) in [6, 6.07) is 10.5. The zero-order valence-electron chi connectivity index (χ0n) is 9.87. The largest absolute Gasteiger partial charge is 0.508 e. The zero-order valence-corrected chi connectivity index (χ0v) is 10.7. The van der Waals surface area contributed by atoms with Crippen LogP contribution in [0, 0.1) is 0 Å². The Hall–Kier alpha value is -2.14. The van der Waals surface area contributed by atoms with Crippen LogP contribution in [0.15, 0.2) is 42.6 Å². The molecule has 92 valence electrons. The van der Waals surface area contributed by atoms with Crippen LogP contribution in [0.25, 0.3) is 0 Å². The van der Waals surface area contributed by atoms with Gasteiger partial charge >= 0.3 is 0 Å². The first-order chi connectivity index (χ1) is 8.58. The lowest BCUT2D eigenvalue weighted by molar-refractivity contribution is 0.475. The summed E-state index contributed by atoms with van der Waals surface area (Å²) >= 11 is 4.94. The number of hydrogen-bond donors (Lipinski definition) is 2. The number of hydrogen-bond acceptors (Lipinski definition) is 4. The van der Waals surface area contributed by atoms with Crippen LogP contribution in [0.1, 0.15) is 5.56 Å². The van der Waals surface area contributed by atoms with Gasteiger partial charge < -0.3 is 15.7 Å². The van der Waals surface area contributed by atoms with E-state index in [4.69, 9.17) is 18.0 Å². The molecule has 1 aromatic heterocycles. The average molecular weight is 259 g/mol. The van der Waals surface area contributed by atoms with Gasteiger partial charge in [0.2, 0.25) is 0 Å². The molecule has 2 aromatic rings. The van der Waals surface area contributed by atoms with Crippen LogP contribution in [0.3, 0.4) is 0 Å². The Morgan fingerprint density at radius 1 is 1.33 bits per heavy atom. The highest BCUT2D eigenvalue weighted by atomic mass is 32.1. The highest BCUT2D eigenvalue weighted by Crippen LogP contribution is 2.25. The second kappa shape index (κ2) is 5.01. The third kappa shape index (κ3) is 2.57. The number of rotatable bonds is 3. The lowest BCUT2D eigenvalue weighted by Gasteiger charge is -2.18. The Labute approximate surface area is 111 Å². The number of aromatic hydroxyl groups is 1. The fourth-order valence-electron chi connectivity index (χ4n) is 1.59. The standard InChI is InChI=1S/C13H13N3OS/c1-16(10-3-2-4-11(17)8-10)12-7-9(13(14)18)5-6-15-12/h2-8,17H,1H3,(H2,14,18). The monoisotopic (exact) mass is 259 g/mol. The molecular formula is C13H13N3OS. The Morgan fingerprint density at radius 2 is 2.11 bits per heavy atom. The van der Waals surface area contributed by atoms with Crippen molar-refractivity contribution >= 4 is 28.7 Å². The van der Waals surface area contributed by atoms with E-state index < -0.39 is 0 Å². The van der Waals surface area contributed by atoms with Gasteiger partial charge in [-0.25, -0.2) is 4.98 Å². The summed E-state index contributed by atoms with van der Waals surface area (Å²) in [6.07, 6.45) is 1.66. The Bertz CT molecular complexity index is 586. The minimum atomic E-state index is 0.213. The van der Waals surface area contributed by atoms with E-state index in [-0.39, 0.29) is 5.75 Å². The molecule has 0 bridgehead atoms. The van der Waals surface area contributed by atoms with E-state index in [0.717, 1.165) is 11.3 Å². The minimum absolute atomic E-state index is 0.213. The Morgan fingerprint density at radius 3 is 2.78 bits per heavy atom. The van der Waals surface area contributed by atoms with Gasteiger partial charge in [-0.05, 0) is 24.3 Å². The summed E-state index contributed by atoms with van der Waals surface area (Å²) < 4.78 is 0. The van der Waals surface area contributed by atoms with E-state index in [1.165, 1.54) is 0 Å². The highest BCUT2D eigenvalue weighted by molar-refractivity contribution is 7.80. The SMILES string of the molecule is CN(c1cccc(O)c1)c1cc(C(N)=S)ccn1. The fourth-order valence-corrected chi connectivity index (χ4v) is 1.72. The molecule has 0 aliphatic heterocycles. The van der Waals surface area contributed by atoms with Crippen LogP contribution in [-0.4, -0.2) is 22.1 Å². The molecule has 0 saturated carbocycles. The molecule has 0 fully saturated rings. The van der Waals surface area contributed by atoms with Crippen LogP contribution in [-0.2, 0) is 0 Å². The lowest BCUT2D eigenvalue weighted by atomic mass is 10.2. The van der Waals surface area contributed by atoms with Gasteiger partial charge in [-0.1, -0.05) is 18.3 Å². The molecule has 4 nitrogen and oxygen atoms in total. The maximum Gasteiger partial charge on any atom is 0.133 e. The van der Waals surface area contributed by atoms with Crippen LogP contribution in [0.2, 0.25) is 0 Å². The average Bonchev–Trinajstić information content (AvgIpc) is 2.38. The minimum Gasteiger partial charge on any atom is -0.508 e. The summed E-state index contributed by atoms with van der Waals surface area (Å²) in [5.74, 6) is 0.927. The number of phenols is 1. The first-order valence-corrected chi connectivity index (χ1v) is 5.77. The molecule has 1 heterocycles. The molecule has 0 aliphatic rings. The van der Waals surface area contributed by atoms with E-state index >= 15 is 0 Å². The van der Waals surface area contributed by atoms with Gasteiger partial charge in [0.15, 0.2) is 0 Å². The molecule has 0 amide bonds. The van der Waals surface area contributed by atoms with Crippen molar-refractivity contribution in [2.45, 2.75) is 0 Å². The highest BCUT2D eigenvalue weighted by Gasteiger charge is 2.07. The van der Waals surface area contributed by atoms with E-state index in [1.54, 1.807) is 30.5 Å². The van der Waals surface area contributed by atoms with Crippen molar-refractivity contribution in [3.8, 4) is 5.75 Å². The number of thiocarbonyl (C=S) groups is 1. The van der Waals surface area contributed by atoms with Crippen molar-refractivity contribution in [1.82, 2.24) is 4.98 Å². The number of phenolic OH excluding ortho intramolecular Hbond substituents is 1. The molecular weight excluding hydrogens is 246 g/mol. The molecule has 0 atom stereocenters. The first-order valence-electron chi connectivity index (χ1n) is 5.36. The summed E-state index contributed by atoms with van der Waals surface area (Å²) in [5.41, 5.74) is 7.19. The number of aromatic nitrogens is 1. The number of nitrogens with zero attached hydrogens (tertiary/aromatic N) is 2. The Balaban J connectivity index is 2.36. The molecule has 0 aliphatic carbocycles. The predicted octanol–water partition coefficient (Wildman–Crippen LogP) is 2.19. The van der Waals surface area contributed by atoms with Crippen LogP contribution < -0.4 is 10.6 Å². The molecule has 18 heavy (non-hydrogen) atoms. The van der Waals surface area contributed by atoms with Crippen molar-refractivity contribution in [1.29, 1.82) is 0 Å². The molecule has 0 saturated heterocycles. The Kier molecular flexibility index (Phi) is 3.43. The van der Waals surface area contributed by atoms with Gasteiger partial charge in [0.25, 0.3) is 0 Å². The number of nitrogens with two attached hydrogens (primary N) is 1. The van der Waals surface area contributed by atoms with Crippen LogP contribution >= 0.6 is 12.2 Å². The number of pyridine rings is 1. The molecule has 3 N–H and O–H groups in total. The third-order valence-electron chi connectivity index (χ3n) is 2.59. The smallest absolute Gasteiger partial charge is 0.133 e. The van der Waals surface area contributed by atoms with E-state index in [2.05, 4.69) is 4.98 Å². The molecule has 0 radical (unpaired) electrons. The van der Waals surface area contributed by atoms with Crippen molar-refractivity contribution in [3.63, 3.8) is 0 Å². The van der Waals surface area contributed by atoms with Gasteiger partial charge in [-0.15, -0.1) is 0 Å². The van der Waals surface area contributed by atoms with Crippen molar-refractivity contribution in [3.05, 3.63) is 48.2 Å². The fraction of sp³-hybridized carbons (Fsp3) is 0.0769. The zero-order chi connectivity index (χ0) is 13.1. The van der Waals surface area contributed by atoms with Crippen molar-refractivity contribution in [2.24, 2.45) is 5.73 Å². The lowest BCUT2D eigenvalue weighted by Crippen LogP contribution is -2.14. The third-order valence-corrected chi connectivity index (χ3v) is 2.83. The molecule has 1 aromatic carbocycles. The van der Waals surface area contributed by atoms with Crippen LogP contribution in [0.4, 0.5) is 11.5 Å². The molecule has 0 spiro atoms. The second-order valence-corrected chi connectivity index (χ2v) is 4.29. The van der Waals surface area contributed by atoms with Gasteiger partial charge in [0.1, 0.15) is 16.6 Å². The molecule has 5 heteroatoms. The van der Waals surface area contributed by atoms with Crippen molar-refractivity contribution < 1.29 is 5.11 Å². The summed E-state index contributed by atoms with van der Waals surface area (Å²) in [6.45, 7) is 0. The van der Waals surface area contributed by atoms with Gasteiger partial charge in [-0.3, -0.25) is 0 Å². The number of benzene rings is 1. The van der Waals surface area contributed by atoms with Gasteiger partial charge in [-0.2, -0.15) is 0 Å². The second-order valence-electron chi connectivity index (χ2n) is 3.85. The predicted molar refractivity (Wildman–Crippen MR) is 76.3 cm³/mol. The van der Waals surface area contributed by atoms with Gasteiger partial charge in [0.05, 0.1) is 0 Å². The van der Waals surface area contributed by atoms with E-state index in [0.29, 0.717) is 10.8 Å². The quantitative estimate of drug-likeness (QED) is 0.827. The van der Waals surface area contributed by atoms with E-state index in [1.807, 2.05) is 24.1 Å². The normalized spacial score (nSPS) is 10.1. The van der Waals surface area contributed by atoms with Crippen molar-refractivity contribution in [2.75, 3.05) is 11.9 Å². The topological polar surface area (TPSA) is 62.4 Å². The number of anilines is 2. The summed E-state index contributed by atoms with van der Waals surface area (Å²) in [5, 5.41) is 9.46. The summed E-state index contributed by atoms with van der Waals surface area (Å²) in [7, 11) is 1.86. The molecule has 2 rings (SSSR count). The maximum absolute atomic E-state index is 9.46. The molecule has 0 unspecified atom stereocenters. The van der Waals surface area contributed by atoms with Gasteiger partial charge in [0, 0.05) is 30.6 Å². The first kappa shape index (κ1) is 12.3.